The molecule has 0 amide bonds. The van der Waals surface area contributed by atoms with Gasteiger partial charge in [0.05, 0.1) is 11.4 Å². The fourth-order valence-electron chi connectivity index (χ4n) is 4.07. The average molecular weight is 506 g/mol. The Kier molecular flexibility index (Phi) is 6.19. The standard InChI is InChI=1S/C25H24BrN5S/c1-2-15-30-22(18-7-11-20(26)12-8-18)17-32-25(30)27-21-13-9-19(10-14-21)24-29-28-23-6-4-3-5-16-31(23)24/h2,7-14,17H,1,3-6,15-16H2. The second-order valence-electron chi connectivity index (χ2n) is 7.87. The van der Waals surface area contributed by atoms with Gasteiger partial charge in [-0.3, -0.25) is 0 Å². The van der Waals surface area contributed by atoms with Crippen LogP contribution in [0, 0.1) is 0 Å². The van der Waals surface area contributed by atoms with Crippen LogP contribution in [0.2, 0.25) is 0 Å². The van der Waals surface area contributed by atoms with Crippen LogP contribution in [0.1, 0.15) is 25.1 Å². The summed E-state index contributed by atoms with van der Waals surface area (Å²) in [5, 5.41) is 11.1. The van der Waals surface area contributed by atoms with Crippen molar-refractivity contribution in [3.63, 3.8) is 0 Å². The number of aryl methyl sites for hydroxylation is 1. The van der Waals surface area contributed by atoms with Gasteiger partial charge >= 0.3 is 0 Å². The van der Waals surface area contributed by atoms with Gasteiger partial charge in [-0.25, -0.2) is 4.99 Å². The number of allylic oxidation sites excluding steroid dienone is 1. The molecular formula is C25H24BrN5S. The lowest BCUT2D eigenvalue weighted by atomic mass is 10.2. The molecule has 0 atom stereocenters. The van der Waals surface area contributed by atoms with Crippen LogP contribution in [-0.2, 0) is 19.5 Å². The summed E-state index contributed by atoms with van der Waals surface area (Å²) in [6.45, 7) is 5.64. The summed E-state index contributed by atoms with van der Waals surface area (Å²) in [5.41, 5.74) is 4.32. The normalized spacial score (nSPS) is 14.2. The van der Waals surface area contributed by atoms with Gasteiger partial charge in [-0.15, -0.1) is 28.1 Å². The highest BCUT2D eigenvalue weighted by Gasteiger charge is 2.16. The third-order valence-corrected chi connectivity index (χ3v) is 7.10. The zero-order valence-corrected chi connectivity index (χ0v) is 20.1. The van der Waals surface area contributed by atoms with Crippen molar-refractivity contribution in [2.75, 3.05) is 0 Å². The van der Waals surface area contributed by atoms with E-state index in [1.54, 1.807) is 11.3 Å². The monoisotopic (exact) mass is 505 g/mol. The Morgan fingerprint density at radius 3 is 2.56 bits per heavy atom. The van der Waals surface area contributed by atoms with Crippen molar-refractivity contribution in [2.45, 2.75) is 38.8 Å². The lowest BCUT2D eigenvalue weighted by Crippen LogP contribution is -2.14. The van der Waals surface area contributed by atoms with Crippen LogP contribution in [0.15, 0.2) is 76.0 Å². The highest BCUT2D eigenvalue weighted by Crippen LogP contribution is 2.26. The quantitative estimate of drug-likeness (QED) is 0.295. The molecule has 0 saturated heterocycles. The number of hydrogen-bond donors (Lipinski definition) is 0. The molecule has 4 aromatic rings. The molecule has 0 unspecified atom stereocenters. The fraction of sp³-hybridized carbons (Fsp3) is 0.240. The van der Waals surface area contributed by atoms with Gasteiger partial charge in [-0.2, -0.15) is 0 Å². The maximum atomic E-state index is 4.93. The molecule has 32 heavy (non-hydrogen) atoms. The third-order valence-electron chi connectivity index (χ3n) is 5.71. The molecule has 2 aromatic carbocycles. The molecule has 0 aliphatic carbocycles. The lowest BCUT2D eigenvalue weighted by Gasteiger charge is -2.08. The molecule has 5 nitrogen and oxygen atoms in total. The highest BCUT2D eigenvalue weighted by atomic mass is 79.9. The first kappa shape index (κ1) is 21.1. The van der Waals surface area contributed by atoms with Crippen molar-refractivity contribution in [1.82, 2.24) is 19.3 Å². The molecule has 0 N–H and O–H groups in total. The largest absolute Gasteiger partial charge is 0.313 e. The second-order valence-corrected chi connectivity index (χ2v) is 9.62. The van der Waals surface area contributed by atoms with Crippen LogP contribution in [-0.4, -0.2) is 19.3 Å². The molecule has 7 heteroatoms. The minimum Gasteiger partial charge on any atom is -0.313 e. The van der Waals surface area contributed by atoms with Crippen molar-refractivity contribution < 1.29 is 0 Å². The summed E-state index contributed by atoms with van der Waals surface area (Å²) in [6, 6.07) is 16.7. The summed E-state index contributed by atoms with van der Waals surface area (Å²) in [5.74, 6) is 2.07. The molecule has 0 radical (unpaired) electrons. The molecule has 1 aliphatic rings. The van der Waals surface area contributed by atoms with Gasteiger partial charge in [-0.05, 0) is 54.8 Å². The number of rotatable bonds is 5. The molecule has 0 saturated carbocycles. The summed E-state index contributed by atoms with van der Waals surface area (Å²) in [7, 11) is 0. The minimum atomic E-state index is 0.706. The molecule has 0 bridgehead atoms. The first-order chi connectivity index (χ1) is 15.7. The van der Waals surface area contributed by atoms with Crippen LogP contribution >= 0.6 is 27.3 Å². The van der Waals surface area contributed by atoms with Gasteiger partial charge in [0, 0.05) is 34.9 Å². The van der Waals surface area contributed by atoms with Crippen molar-refractivity contribution in [2.24, 2.45) is 4.99 Å². The number of thiazole rings is 1. The van der Waals surface area contributed by atoms with E-state index in [0.717, 1.165) is 56.4 Å². The van der Waals surface area contributed by atoms with Crippen LogP contribution in [0.4, 0.5) is 5.69 Å². The Morgan fingerprint density at radius 1 is 1.00 bits per heavy atom. The number of fused-ring (bicyclic) bond motifs is 1. The van der Waals surface area contributed by atoms with E-state index in [0.29, 0.717) is 6.54 Å². The summed E-state index contributed by atoms with van der Waals surface area (Å²) < 4.78 is 5.55. The molecule has 162 valence electrons. The number of hydrogen-bond acceptors (Lipinski definition) is 4. The Bertz CT molecular complexity index is 1300. The van der Waals surface area contributed by atoms with Crippen molar-refractivity contribution in [3.05, 3.63) is 81.7 Å². The summed E-state index contributed by atoms with van der Waals surface area (Å²) >= 11 is 5.16. The van der Waals surface area contributed by atoms with Gasteiger partial charge in [0.1, 0.15) is 5.82 Å². The number of benzene rings is 2. The molecule has 1 aliphatic heterocycles. The Morgan fingerprint density at radius 2 is 1.78 bits per heavy atom. The zero-order valence-electron chi connectivity index (χ0n) is 17.7. The maximum absolute atomic E-state index is 4.93. The smallest absolute Gasteiger partial charge is 0.190 e. The maximum Gasteiger partial charge on any atom is 0.190 e. The predicted octanol–water partition coefficient (Wildman–Crippen LogP) is 6.38. The zero-order chi connectivity index (χ0) is 21.9. The van der Waals surface area contributed by atoms with Crippen molar-refractivity contribution in [1.29, 1.82) is 0 Å². The van der Waals surface area contributed by atoms with E-state index in [9.17, 15) is 0 Å². The second kappa shape index (κ2) is 9.38. The van der Waals surface area contributed by atoms with Crippen LogP contribution in [0.25, 0.3) is 22.6 Å². The van der Waals surface area contributed by atoms with E-state index in [1.165, 1.54) is 19.3 Å². The number of halogens is 1. The topological polar surface area (TPSA) is 48.0 Å². The minimum absolute atomic E-state index is 0.706. The molecule has 0 spiro atoms. The average Bonchev–Trinajstić information content (AvgIpc) is 3.31. The van der Waals surface area contributed by atoms with Gasteiger partial charge in [-0.1, -0.05) is 40.6 Å². The Labute approximate surface area is 199 Å². The molecular weight excluding hydrogens is 482 g/mol. The number of aromatic nitrogens is 4. The SMILES string of the molecule is C=CCn1c(-c2ccc(Br)cc2)csc1=Nc1ccc(-c2nnc3n2CCCCC3)cc1. The van der Waals surface area contributed by atoms with E-state index in [-0.39, 0.29) is 0 Å². The van der Waals surface area contributed by atoms with E-state index in [1.807, 2.05) is 6.08 Å². The molecule has 3 heterocycles. The van der Waals surface area contributed by atoms with Crippen LogP contribution in [0.5, 0.6) is 0 Å². The van der Waals surface area contributed by atoms with Gasteiger partial charge in [0.2, 0.25) is 0 Å². The molecule has 0 fully saturated rings. The van der Waals surface area contributed by atoms with Gasteiger partial charge < -0.3 is 9.13 Å². The first-order valence-corrected chi connectivity index (χ1v) is 12.5. The van der Waals surface area contributed by atoms with Gasteiger partial charge in [0.15, 0.2) is 10.6 Å². The van der Waals surface area contributed by atoms with E-state index in [4.69, 9.17) is 4.99 Å². The van der Waals surface area contributed by atoms with Gasteiger partial charge in [0.25, 0.3) is 0 Å². The highest BCUT2D eigenvalue weighted by molar-refractivity contribution is 9.10. The van der Waals surface area contributed by atoms with Crippen molar-refractivity contribution in [3.8, 4) is 22.6 Å². The predicted molar refractivity (Wildman–Crippen MR) is 134 cm³/mol. The van der Waals surface area contributed by atoms with Crippen molar-refractivity contribution >= 4 is 33.0 Å². The summed E-state index contributed by atoms with van der Waals surface area (Å²) in [6.07, 6.45) is 6.57. The first-order valence-electron chi connectivity index (χ1n) is 10.9. The fourth-order valence-corrected chi connectivity index (χ4v) is 5.27. The van der Waals surface area contributed by atoms with E-state index in [2.05, 4.69) is 95.8 Å². The molecule has 2 aromatic heterocycles. The lowest BCUT2D eigenvalue weighted by molar-refractivity contribution is 0.636. The van der Waals surface area contributed by atoms with Crippen LogP contribution in [0.3, 0.4) is 0 Å². The molecule has 5 rings (SSSR count). The summed E-state index contributed by atoms with van der Waals surface area (Å²) in [4.78, 5) is 5.88. The number of nitrogens with zero attached hydrogens (tertiary/aromatic N) is 5. The van der Waals surface area contributed by atoms with E-state index < -0.39 is 0 Å². The Hall–Kier alpha value is -2.77. The van der Waals surface area contributed by atoms with E-state index >= 15 is 0 Å². The Balaban J connectivity index is 1.48. The van der Waals surface area contributed by atoms with Crippen LogP contribution < -0.4 is 4.80 Å². The third kappa shape index (κ3) is 4.27.